The predicted octanol–water partition coefficient (Wildman–Crippen LogP) is -0.747. The van der Waals surface area contributed by atoms with Crippen LogP contribution in [-0.4, -0.2) is 82.9 Å². The molecule has 1 aromatic rings. The van der Waals surface area contributed by atoms with E-state index in [1.807, 2.05) is 43.3 Å². The fraction of sp³-hybridized carbons (Fsp3) is 0.647. The molecule has 1 aromatic carbocycles. The zero-order valence-corrected chi connectivity index (χ0v) is 14.8. The van der Waals surface area contributed by atoms with Gasteiger partial charge in [-0.25, -0.2) is 0 Å². The van der Waals surface area contributed by atoms with Crippen molar-refractivity contribution in [3.8, 4) is 5.75 Å². The lowest BCUT2D eigenvalue weighted by molar-refractivity contribution is 0.106. The standard InChI is InChI=1S/C17H32N4O3/c1-21(2)15-4-3-5-17(12-15)24-14-16(23)13-20-9-8-18-6-7-19-10-11-22/h3-5,12,16,18-20,22-23H,6-11,13-14H2,1-2H3. The first-order valence-electron chi connectivity index (χ1n) is 8.44. The molecular formula is C17H32N4O3. The Kier molecular flexibility index (Phi) is 11.2. The average Bonchev–Trinajstić information content (AvgIpc) is 2.58. The van der Waals surface area contributed by atoms with Gasteiger partial charge < -0.3 is 35.8 Å². The predicted molar refractivity (Wildman–Crippen MR) is 98.0 cm³/mol. The van der Waals surface area contributed by atoms with E-state index in [1.165, 1.54) is 0 Å². The van der Waals surface area contributed by atoms with Crippen molar-refractivity contribution in [2.24, 2.45) is 0 Å². The first-order chi connectivity index (χ1) is 11.6. The van der Waals surface area contributed by atoms with Crippen molar-refractivity contribution in [3.05, 3.63) is 24.3 Å². The lowest BCUT2D eigenvalue weighted by atomic mass is 10.3. The monoisotopic (exact) mass is 340 g/mol. The summed E-state index contributed by atoms with van der Waals surface area (Å²) in [7, 11) is 3.96. The second kappa shape index (κ2) is 13.0. The number of nitrogens with zero attached hydrogens (tertiary/aromatic N) is 1. The third-order valence-corrected chi connectivity index (χ3v) is 3.40. The second-order valence-electron chi connectivity index (χ2n) is 5.78. The number of aliphatic hydroxyl groups is 2. The van der Waals surface area contributed by atoms with Crippen molar-refractivity contribution in [1.82, 2.24) is 16.0 Å². The number of hydrogen-bond acceptors (Lipinski definition) is 7. The minimum atomic E-state index is -0.542. The molecule has 0 bridgehead atoms. The van der Waals surface area contributed by atoms with E-state index >= 15 is 0 Å². The van der Waals surface area contributed by atoms with Crippen molar-refractivity contribution < 1.29 is 14.9 Å². The molecule has 0 radical (unpaired) electrons. The first-order valence-corrected chi connectivity index (χ1v) is 8.44. The van der Waals surface area contributed by atoms with Crippen LogP contribution in [0.2, 0.25) is 0 Å². The lowest BCUT2D eigenvalue weighted by Crippen LogP contribution is -2.37. The second-order valence-corrected chi connectivity index (χ2v) is 5.78. The molecule has 0 saturated heterocycles. The topological polar surface area (TPSA) is 89.0 Å². The zero-order valence-electron chi connectivity index (χ0n) is 14.8. The van der Waals surface area contributed by atoms with Crippen LogP contribution in [0.25, 0.3) is 0 Å². The van der Waals surface area contributed by atoms with Gasteiger partial charge in [0.1, 0.15) is 18.5 Å². The summed E-state index contributed by atoms with van der Waals surface area (Å²) < 4.78 is 5.63. The molecule has 0 spiro atoms. The third-order valence-electron chi connectivity index (χ3n) is 3.40. The number of anilines is 1. The van der Waals surface area contributed by atoms with Crippen LogP contribution in [0.1, 0.15) is 0 Å². The summed E-state index contributed by atoms with van der Waals surface area (Å²) in [6.45, 7) is 4.87. The number of rotatable bonds is 14. The summed E-state index contributed by atoms with van der Waals surface area (Å²) in [4.78, 5) is 2.01. The number of nitrogens with one attached hydrogen (secondary N) is 3. The molecule has 0 aromatic heterocycles. The normalized spacial score (nSPS) is 12.2. The molecule has 5 N–H and O–H groups in total. The highest BCUT2D eigenvalue weighted by atomic mass is 16.5. The van der Waals surface area contributed by atoms with Crippen LogP contribution in [0.15, 0.2) is 24.3 Å². The Bertz CT molecular complexity index is 432. The Morgan fingerprint density at radius 3 is 2.38 bits per heavy atom. The van der Waals surface area contributed by atoms with E-state index in [2.05, 4.69) is 16.0 Å². The van der Waals surface area contributed by atoms with Crippen LogP contribution in [0.5, 0.6) is 5.75 Å². The van der Waals surface area contributed by atoms with Crippen LogP contribution >= 0.6 is 0 Å². The summed E-state index contributed by atoms with van der Waals surface area (Å²) in [5.74, 6) is 0.761. The van der Waals surface area contributed by atoms with Gasteiger partial charge in [0.2, 0.25) is 0 Å². The summed E-state index contributed by atoms with van der Waals surface area (Å²) in [6, 6.07) is 7.80. The molecule has 24 heavy (non-hydrogen) atoms. The summed E-state index contributed by atoms with van der Waals surface area (Å²) >= 11 is 0. The molecule has 7 nitrogen and oxygen atoms in total. The smallest absolute Gasteiger partial charge is 0.121 e. The molecule has 0 heterocycles. The Labute approximate surface area is 145 Å². The van der Waals surface area contributed by atoms with Gasteiger partial charge in [0.15, 0.2) is 0 Å². The maximum absolute atomic E-state index is 9.94. The highest BCUT2D eigenvalue weighted by molar-refractivity contribution is 5.49. The average molecular weight is 340 g/mol. The molecule has 0 aliphatic heterocycles. The van der Waals surface area contributed by atoms with Crippen molar-refractivity contribution in [3.63, 3.8) is 0 Å². The van der Waals surface area contributed by atoms with Gasteiger partial charge >= 0.3 is 0 Å². The molecule has 7 heteroatoms. The number of ether oxygens (including phenoxy) is 1. The van der Waals surface area contributed by atoms with E-state index < -0.39 is 6.10 Å². The molecule has 0 aliphatic rings. The Hall–Kier alpha value is -1.38. The summed E-state index contributed by atoms with van der Waals surface area (Å²) in [5.41, 5.74) is 1.07. The third kappa shape index (κ3) is 9.69. The van der Waals surface area contributed by atoms with E-state index in [4.69, 9.17) is 9.84 Å². The van der Waals surface area contributed by atoms with Crippen LogP contribution < -0.4 is 25.6 Å². The molecule has 1 rings (SSSR count). The minimum absolute atomic E-state index is 0.168. The number of hydrogen-bond donors (Lipinski definition) is 5. The van der Waals surface area contributed by atoms with E-state index in [1.54, 1.807) is 0 Å². The zero-order chi connectivity index (χ0) is 17.6. The fourth-order valence-corrected chi connectivity index (χ4v) is 2.05. The Balaban J connectivity index is 2.04. The number of aliphatic hydroxyl groups excluding tert-OH is 2. The van der Waals surface area contributed by atoms with Gasteiger partial charge in [-0.1, -0.05) is 6.07 Å². The molecule has 1 atom stereocenters. The van der Waals surface area contributed by atoms with E-state index in [9.17, 15) is 5.11 Å². The van der Waals surface area contributed by atoms with Crippen molar-refractivity contribution in [2.45, 2.75) is 6.10 Å². The van der Waals surface area contributed by atoms with Crippen LogP contribution in [0.3, 0.4) is 0 Å². The maximum atomic E-state index is 9.94. The van der Waals surface area contributed by atoms with Crippen LogP contribution in [0.4, 0.5) is 5.69 Å². The first kappa shape index (κ1) is 20.7. The van der Waals surface area contributed by atoms with E-state index in [-0.39, 0.29) is 13.2 Å². The molecule has 1 unspecified atom stereocenters. The van der Waals surface area contributed by atoms with Gasteiger partial charge in [-0.3, -0.25) is 0 Å². The largest absolute Gasteiger partial charge is 0.491 e. The number of benzene rings is 1. The van der Waals surface area contributed by atoms with Gasteiger partial charge in [0, 0.05) is 65.1 Å². The molecular weight excluding hydrogens is 308 g/mol. The molecule has 0 saturated carbocycles. The van der Waals surface area contributed by atoms with Crippen molar-refractivity contribution in [1.29, 1.82) is 0 Å². The summed E-state index contributed by atoms with van der Waals surface area (Å²) in [6.07, 6.45) is -0.542. The highest BCUT2D eigenvalue weighted by Gasteiger charge is 2.05. The van der Waals surface area contributed by atoms with Gasteiger partial charge in [-0.05, 0) is 12.1 Å². The molecule has 0 fully saturated rings. The van der Waals surface area contributed by atoms with E-state index in [0.29, 0.717) is 13.1 Å². The SMILES string of the molecule is CN(C)c1cccc(OCC(O)CNCCNCCNCCO)c1. The van der Waals surface area contributed by atoms with Crippen molar-refractivity contribution >= 4 is 5.69 Å². The van der Waals surface area contributed by atoms with Crippen LogP contribution in [-0.2, 0) is 0 Å². The molecule has 138 valence electrons. The van der Waals surface area contributed by atoms with Crippen molar-refractivity contribution in [2.75, 3.05) is 71.5 Å². The molecule has 0 amide bonds. The fourth-order valence-electron chi connectivity index (χ4n) is 2.05. The van der Waals surface area contributed by atoms with Gasteiger partial charge in [0.05, 0.1) is 6.61 Å². The lowest BCUT2D eigenvalue weighted by Gasteiger charge is -2.16. The minimum Gasteiger partial charge on any atom is -0.491 e. The van der Waals surface area contributed by atoms with Crippen LogP contribution in [0, 0.1) is 0 Å². The maximum Gasteiger partial charge on any atom is 0.121 e. The Morgan fingerprint density at radius 2 is 1.71 bits per heavy atom. The highest BCUT2D eigenvalue weighted by Crippen LogP contribution is 2.19. The van der Waals surface area contributed by atoms with Gasteiger partial charge in [-0.2, -0.15) is 0 Å². The molecule has 0 aliphatic carbocycles. The summed E-state index contributed by atoms with van der Waals surface area (Å²) in [5, 5.41) is 28.1. The Morgan fingerprint density at radius 1 is 1.04 bits per heavy atom. The van der Waals surface area contributed by atoms with E-state index in [0.717, 1.165) is 37.6 Å². The quantitative estimate of drug-likeness (QED) is 0.285. The van der Waals surface area contributed by atoms with Gasteiger partial charge in [0.25, 0.3) is 0 Å². The van der Waals surface area contributed by atoms with Gasteiger partial charge in [-0.15, -0.1) is 0 Å².